The fraction of sp³-hybridized carbons (Fsp3) is 0.391. The second kappa shape index (κ2) is 9.10. The molecule has 1 fully saturated rings. The molecule has 4 rings (SSSR count). The zero-order valence-corrected chi connectivity index (χ0v) is 18.0. The maximum absolute atomic E-state index is 13.6. The first kappa shape index (κ1) is 20.8. The van der Waals surface area contributed by atoms with Crippen LogP contribution in [0, 0.1) is 5.82 Å². The van der Waals surface area contributed by atoms with Gasteiger partial charge in [-0.3, -0.25) is 9.69 Å². The van der Waals surface area contributed by atoms with Crippen molar-refractivity contribution in [3.63, 3.8) is 0 Å². The molecule has 1 unspecified atom stereocenters. The molecular weight excluding hydrogens is 403 g/mol. The number of aromatic nitrogens is 1. The lowest BCUT2D eigenvalue weighted by molar-refractivity contribution is -0.120. The summed E-state index contributed by atoms with van der Waals surface area (Å²) in [6, 6.07) is 12.2. The molecule has 0 N–H and O–H groups in total. The Kier molecular flexibility index (Phi) is 6.29. The van der Waals surface area contributed by atoms with Crippen molar-refractivity contribution in [1.82, 2.24) is 4.98 Å². The number of benzene rings is 2. The summed E-state index contributed by atoms with van der Waals surface area (Å²) in [6.07, 6.45) is 1.86. The van der Waals surface area contributed by atoms with Crippen molar-refractivity contribution in [2.24, 2.45) is 0 Å². The van der Waals surface area contributed by atoms with Crippen molar-refractivity contribution in [2.45, 2.75) is 38.7 Å². The minimum atomic E-state index is -0.317. The number of hydrogen-bond donors (Lipinski definition) is 0. The summed E-state index contributed by atoms with van der Waals surface area (Å²) in [7, 11) is 0. The van der Waals surface area contributed by atoms with Gasteiger partial charge in [-0.25, -0.2) is 9.37 Å². The molecule has 1 atom stereocenters. The zero-order valence-electron chi connectivity index (χ0n) is 17.1. The van der Waals surface area contributed by atoms with Gasteiger partial charge >= 0.3 is 0 Å². The summed E-state index contributed by atoms with van der Waals surface area (Å²) in [5, 5.41) is 0.537. The van der Waals surface area contributed by atoms with Gasteiger partial charge in [-0.15, -0.1) is 0 Å². The Hall–Kier alpha value is -2.51. The number of carbonyl (C=O) groups excluding carboxylic acids is 1. The van der Waals surface area contributed by atoms with Crippen molar-refractivity contribution in [3.8, 4) is 5.75 Å². The highest BCUT2D eigenvalue weighted by Crippen LogP contribution is 2.30. The minimum Gasteiger partial charge on any atom is -0.484 e. The van der Waals surface area contributed by atoms with Gasteiger partial charge in [0, 0.05) is 6.61 Å². The first-order valence-electron chi connectivity index (χ1n) is 10.2. The Morgan fingerprint density at radius 3 is 2.80 bits per heavy atom. The minimum absolute atomic E-state index is 0.0250. The van der Waals surface area contributed by atoms with E-state index in [0.717, 1.165) is 12.8 Å². The Morgan fingerprint density at radius 2 is 2.10 bits per heavy atom. The number of carbonyl (C=O) groups is 1. The third kappa shape index (κ3) is 4.79. The molecule has 0 bridgehead atoms. The number of thiazole rings is 1. The number of anilines is 1. The van der Waals surface area contributed by atoms with Gasteiger partial charge in [-0.2, -0.15) is 0 Å². The van der Waals surface area contributed by atoms with Crippen LogP contribution < -0.4 is 9.64 Å². The van der Waals surface area contributed by atoms with Crippen molar-refractivity contribution in [2.75, 3.05) is 24.7 Å². The highest BCUT2D eigenvalue weighted by molar-refractivity contribution is 7.22. The van der Waals surface area contributed by atoms with Gasteiger partial charge in [0.05, 0.1) is 22.9 Å². The molecule has 0 saturated carbocycles. The average Bonchev–Trinajstić information content (AvgIpc) is 3.39. The van der Waals surface area contributed by atoms with Crippen molar-refractivity contribution < 1.29 is 18.7 Å². The van der Waals surface area contributed by atoms with Gasteiger partial charge in [0.1, 0.15) is 11.6 Å². The number of amides is 1. The summed E-state index contributed by atoms with van der Waals surface area (Å²) in [5.74, 6) is 0.573. The molecule has 1 aliphatic heterocycles. The van der Waals surface area contributed by atoms with E-state index in [1.54, 1.807) is 11.0 Å². The monoisotopic (exact) mass is 428 g/mol. The third-order valence-corrected chi connectivity index (χ3v) is 6.23. The molecule has 2 aromatic carbocycles. The van der Waals surface area contributed by atoms with Gasteiger partial charge in [-0.05, 0) is 54.7 Å². The lowest BCUT2D eigenvalue weighted by atomic mass is 10.0. The van der Waals surface area contributed by atoms with Gasteiger partial charge in [-0.1, -0.05) is 37.3 Å². The van der Waals surface area contributed by atoms with E-state index in [1.165, 1.54) is 29.0 Å². The molecule has 1 amide bonds. The third-order valence-electron chi connectivity index (χ3n) is 5.19. The zero-order chi connectivity index (χ0) is 21.1. The van der Waals surface area contributed by atoms with Crippen LogP contribution in [0.5, 0.6) is 5.75 Å². The highest BCUT2D eigenvalue weighted by atomic mass is 32.1. The summed E-state index contributed by atoms with van der Waals surface area (Å²) < 4.78 is 25.8. The van der Waals surface area contributed by atoms with Crippen LogP contribution in [0.15, 0.2) is 42.5 Å². The first-order valence-corrected chi connectivity index (χ1v) is 11.0. The van der Waals surface area contributed by atoms with Crippen LogP contribution in [-0.2, 0) is 9.53 Å². The summed E-state index contributed by atoms with van der Waals surface area (Å²) in [6.45, 7) is 5.28. The number of hydrogen-bond acceptors (Lipinski definition) is 5. The van der Waals surface area contributed by atoms with Crippen LogP contribution in [0.25, 0.3) is 10.2 Å². The lowest BCUT2D eigenvalue weighted by Gasteiger charge is -2.23. The van der Waals surface area contributed by atoms with Crippen LogP contribution in [-0.4, -0.2) is 36.8 Å². The smallest absolute Gasteiger partial charge is 0.266 e. The molecule has 7 heteroatoms. The van der Waals surface area contributed by atoms with E-state index in [2.05, 4.69) is 18.8 Å². The van der Waals surface area contributed by atoms with Crippen molar-refractivity contribution in [3.05, 3.63) is 53.8 Å². The van der Waals surface area contributed by atoms with Gasteiger partial charge in [0.15, 0.2) is 11.7 Å². The molecular formula is C23H25FN2O3S. The number of rotatable bonds is 7. The molecule has 1 saturated heterocycles. The molecule has 1 aliphatic rings. The van der Waals surface area contributed by atoms with Crippen LogP contribution in [0.1, 0.15) is 38.2 Å². The van der Waals surface area contributed by atoms with E-state index >= 15 is 0 Å². The summed E-state index contributed by atoms with van der Waals surface area (Å²) >= 11 is 1.30. The van der Waals surface area contributed by atoms with Crippen LogP contribution >= 0.6 is 11.3 Å². The molecule has 3 aromatic rings. The number of halogens is 1. The van der Waals surface area contributed by atoms with E-state index in [9.17, 15) is 9.18 Å². The summed E-state index contributed by atoms with van der Waals surface area (Å²) in [5.41, 5.74) is 1.89. The quantitative estimate of drug-likeness (QED) is 0.522. The van der Waals surface area contributed by atoms with Crippen molar-refractivity contribution >= 4 is 32.6 Å². The van der Waals surface area contributed by atoms with Gasteiger partial charge in [0.2, 0.25) is 0 Å². The molecule has 1 aromatic heterocycles. The average molecular weight is 429 g/mol. The van der Waals surface area contributed by atoms with Gasteiger partial charge < -0.3 is 9.47 Å². The van der Waals surface area contributed by atoms with Crippen LogP contribution in [0.4, 0.5) is 9.52 Å². The Labute approximate surface area is 179 Å². The van der Waals surface area contributed by atoms with E-state index < -0.39 is 0 Å². The SMILES string of the molecule is CC(C)c1ccc(OCC(=O)N(CC2CCCO2)c2nc3ccc(F)cc3s2)cc1. The number of ether oxygens (including phenoxy) is 2. The topological polar surface area (TPSA) is 51.7 Å². The lowest BCUT2D eigenvalue weighted by Crippen LogP contribution is -2.40. The maximum Gasteiger partial charge on any atom is 0.266 e. The maximum atomic E-state index is 13.6. The second-order valence-electron chi connectivity index (χ2n) is 7.76. The van der Waals surface area contributed by atoms with E-state index in [-0.39, 0.29) is 24.4 Å². The molecule has 0 spiro atoms. The van der Waals surface area contributed by atoms with Gasteiger partial charge in [0.25, 0.3) is 5.91 Å². The van der Waals surface area contributed by atoms with Crippen LogP contribution in [0.2, 0.25) is 0 Å². The largest absolute Gasteiger partial charge is 0.484 e. The van der Waals surface area contributed by atoms with E-state index in [1.807, 2.05) is 24.3 Å². The fourth-order valence-corrected chi connectivity index (χ4v) is 4.47. The molecule has 0 radical (unpaired) electrons. The predicted octanol–water partition coefficient (Wildman–Crippen LogP) is 5.15. The Bertz CT molecular complexity index is 1010. The molecule has 2 heterocycles. The first-order chi connectivity index (χ1) is 14.5. The normalized spacial score (nSPS) is 16.3. The van der Waals surface area contributed by atoms with Crippen LogP contribution in [0.3, 0.4) is 0 Å². The van der Waals surface area contributed by atoms with E-state index in [0.29, 0.717) is 40.2 Å². The highest BCUT2D eigenvalue weighted by Gasteiger charge is 2.26. The summed E-state index contributed by atoms with van der Waals surface area (Å²) in [4.78, 5) is 19.2. The Morgan fingerprint density at radius 1 is 1.30 bits per heavy atom. The predicted molar refractivity (Wildman–Crippen MR) is 117 cm³/mol. The fourth-order valence-electron chi connectivity index (χ4n) is 3.45. The van der Waals surface area contributed by atoms with Crippen molar-refractivity contribution in [1.29, 1.82) is 0 Å². The Balaban J connectivity index is 1.51. The molecule has 0 aliphatic carbocycles. The molecule has 5 nitrogen and oxygen atoms in total. The second-order valence-corrected chi connectivity index (χ2v) is 8.77. The molecule has 158 valence electrons. The van der Waals surface area contributed by atoms with E-state index in [4.69, 9.17) is 9.47 Å². The number of fused-ring (bicyclic) bond motifs is 1. The molecule has 30 heavy (non-hydrogen) atoms. The standard InChI is InChI=1S/C23H25FN2O3S/c1-15(2)16-5-8-18(9-6-16)29-14-22(27)26(13-19-4-3-11-28-19)23-25-20-10-7-17(24)12-21(20)30-23/h5-10,12,15,19H,3-4,11,13-14H2,1-2H3. The number of nitrogens with zero attached hydrogens (tertiary/aromatic N) is 2.